The number of hydrogen-bond donors (Lipinski definition) is 0. The van der Waals surface area contributed by atoms with Crippen LogP contribution >= 0.6 is 11.3 Å². The number of aromatic nitrogens is 1. The van der Waals surface area contributed by atoms with E-state index in [1.54, 1.807) is 25.4 Å². The molecule has 4 rings (SSSR count). The van der Waals surface area contributed by atoms with Gasteiger partial charge in [0.15, 0.2) is 0 Å². The Labute approximate surface area is 154 Å². The van der Waals surface area contributed by atoms with Crippen molar-refractivity contribution in [3.8, 4) is 5.75 Å². The maximum atomic E-state index is 13.9. The van der Waals surface area contributed by atoms with E-state index in [1.807, 2.05) is 23.1 Å². The Balaban J connectivity index is 1.44. The summed E-state index contributed by atoms with van der Waals surface area (Å²) in [5.41, 5.74) is 0. The highest BCUT2D eigenvalue weighted by Gasteiger charge is 2.24. The third kappa shape index (κ3) is 3.10. The molecule has 3 heterocycles. The van der Waals surface area contributed by atoms with E-state index in [4.69, 9.17) is 4.74 Å². The Bertz CT molecular complexity index is 934. The molecule has 26 heavy (non-hydrogen) atoms. The molecule has 1 saturated heterocycles. The van der Waals surface area contributed by atoms with Crippen LogP contribution in [0, 0.1) is 5.82 Å². The first-order valence-corrected chi connectivity index (χ1v) is 9.19. The second-order valence-electron chi connectivity index (χ2n) is 6.10. The van der Waals surface area contributed by atoms with Gasteiger partial charge in [0.2, 0.25) is 0 Å². The average molecular weight is 371 g/mol. The van der Waals surface area contributed by atoms with Crippen molar-refractivity contribution in [2.45, 2.75) is 0 Å². The predicted octanol–water partition coefficient (Wildman–Crippen LogP) is 3.41. The van der Waals surface area contributed by atoms with E-state index < -0.39 is 0 Å². The van der Waals surface area contributed by atoms with Crippen LogP contribution in [0.3, 0.4) is 0 Å². The Hall–Kier alpha value is -2.67. The van der Waals surface area contributed by atoms with Gasteiger partial charge in [-0.3, -0.25) is 4.79 Å². The number of piperazine rings is 1. The molecule has 7 heteroatoms. The number of rotatable bonds is 3. The van der Waals surface area contributed by atoms with Crippen LogP contribution in [-0.2, 0) is 0 Å². The average Bonchev–Trinajstić information content (AvgIpc) is 3.13. The summed E-state index contributed by atoms with van der Waals surface area (Å²) in [7, 11) is 1.61. The molecule has 0 N–H and O–H groups in total. The number of amides is 1. The quantitative estimate of drug-likeness (QED) is 0.708. The van der Waals surface area contributed by atoms with E-state index in [2.05, 4.69) is 9.88 Å². The summed E-state index contributed by atoms with van der Waals surface area (Å²) in [4.78, 5) is 21.7. The molecule has 0 aliphatic carbocycles. The molecule has 0 unspecified atom stereocenters. The minimum absolute atomic E-state index is 0.0343. The van der Waals surface area contributed by atoms with Crippen LogP contribution in [0.1, 0.15) is 9.67 Å². The van der Waals surface area contributed by atoms with Crippen molar-refractivity contribution in [2.24, 2.45) is 0 Å². The molecular weight excluding hydrogens is 353 g/mol. The highest BCUT2D eigenvalue weighted by atomic mass is 32.1. The van der Waals surface area contributed by atoms with E-state index in [0.29, 0.717) is 36.4 Å². The zero-order valence-corrected chi connectivity index (χ0v) is 15.1. The highest BCUT2D eigenvalue weighted by molar-refractivity contribution is 7.20. The summed E-state index contributed by atoms with van der Waals surface area (Å²) in [6, 6.07) is 10.4. The Morgan fingerprint density at radius 1 is 1.19 bits per heavy atom. The van der Waals surface area contributed by atoms with Gasteiger partial charge in [0, 0.05) is 36.3 Å². The molecule has 1 amide bonds. The molecule has 0 spiro atoms. The third-order valence-electron chi connectivity index (χ3n) is 4.57. The first-order valence-electron chi connectivity index (χ1n) is 8.38. The molecule has 0 bridgehead atoms. The van der Waals surface area contributed by atoms with Gasteiger partial charge in [-0.15, -0.1) is 11.3 Å². The fraction of sp³-hybridized carbons (Fsp3) is 0.263. The van der Waals surface area contributed by atoms with Gasteiger partial charge in [-0.25, -0.2) is 9.37 Å². The number of ether oxygens (including phenoxy) is 1. The van der Waals surface area contributed by atoms with Crippen molar-refractivity contribution in [3.05, 3.63) is 53.3 Å². The summed E-state index contributed by atoms with van der Waals surface area (Å²) in [6.45, 7) is 2.65. The predicted molar refractivity (Wildman–Crippen MR) is 101 cm³/mol. The summed E-state index contributed by atoms with van der Waals surface area (Å²) in [5.74, 6) is 1.28. The van der Waals surface area contributed by atoms with Crippen LogP contribution in [0.15, 0.2) is 42.6 Å². The Morgan fingerprint density at radius 2 is 2.00 bits per heavy atom. The summed E-state index contributed by atoms with van der Waals surface area (Å²) >= 11 is 1.34. The number of fused-ring (bicyclic) bond motifs is 1. The number of carbonyl (C=O) groups is 1. The molecule has 1 fully saturated rings. The smallest absolute Gasteiger partial charge is 0.264 e. The highest BCUT2D eigenvalue weighted by Crippen LogP contribution is 2.29. The van der Waals surface area contributed by atoms with Crippen molar-refractivity contribution in [2.75, 3.05) is 38.2 Å². The lowest BCUT2D eigenvalue weighted by molar-refractivity contribution is 0.0751. The number of nitrogens with zero attached hydrogens (tertiary/aromatic N) is 3. The largest absolute Gasteiger partial charge is 0.495 e. The first kappa shape index (κ1) is 16.8. The van der Waals surface area contributed by atoms with Gasteiger partial charge in [-0.05, 0) is 30.3 Å². The van der Waals surface area contributed by atoms with Gasteiger partial charge >= 0.3 is 0 Å². The standard InChI is InChI=1S/C19H18FN3O2S/c1-25-13-5-6-18(21-12-13)22-7-9-23(10-8-22)19(24)17-11-14-15(20)3-2-4-16(14)26-17/h2-6,11-12H,7-10H2,1H3. The molecule has 1 aliphatic rings. The molecule has 1 aliphatic heterocycles. The molecule has 3 aromatic rings. The number of halogens is 1. The number of anilines is 1. The van der Waals surface area contributed by atoms with E-state index in [1.165, 1.54) is 17.4 Å². The molecule has 2 aromatic heterocycles. The van der Waals surface area contributed by atoms with Gasteiger partial charge in [-0.2, -0.15) is 0 Å². The zero-order valence-electron chi connectivity index (χ0n) is 14.3. The Kier molecular flexibility index (Phi) is 4.46. The van der Waals surface area contributed by atoms with Gasteiger partial charge in [0.25, 0.3) is 5.91 Å². The fourth-order valence-electron chi connectivity index (χ4n) is 3.11. The minimum Gasteiger partial charge on any atom is -0.495 e. The van der Waals surface area contributed by atoms with E-state index in [0.717, 1.165) is 16.3 Å². The Morgan fingerprint density at radius 3 is 2.65 bits per heavy atom. The van der Waals surface area contributed by atoms with Crippen LogP contribution in [-0.4, -0.2) is 49.1 Å². The van der Waals surface area contributed by atoms with Gasteiger partial charge in [-0.1, -0.05) is 6.07 Å². The molecular formula is C19H18FN3O2S. The minimum atomic E-state index is -0.284. The van der Waals surface area contributed by atoms with E-state index in [9.17, 15) is 9.18 Å². The van der Waals surface area contributed by atoms with Crippen molar-refractivity contribution in [3.63, 3.8) is 0 Å². The second-order valence-corrected chi connectivity index (χ2v) is 7.18. The lowest BCUT2D eigenvalue weighted by atomic mass is 10.2. The molecule has 134 valence electrons. The summed E-state index contributed by atoms with van der Waals surface area (Å²) in [6.07, 6.45) is 1.69. The number of carbonyl (C=O) groups excluding carboxylic acids is 1. The molecule has 5 nitrogen and oxygen atoms in total. The van der Waals surface area contributed by atoms with Crippen LogP contribution in [0.4, 0.5) is 10.2 Å². The number of hydrogen-bond acceptors (Lipinski definition) is 5. The van der Waals surface area contributed by atoms with E-state index in [-0.39, 0.29) is 11.7 Å². The molecule has 1 aromatic carbocycles. The lowest BCUT2D eigenvalue weighted by Gasteiger charge is -2.35. The zero-order chi connectivity index (χ0) is 18.1. The number of methoxy groups -OCH3 is 1. The normalized spacial score (nSPS) is 14.7. The van der Waals surface area contributed by atoms with Crippen molar-refractivity contribution < 1.29 is 13.9 Å². The SMILES string of the molecule is COc1ccc(N2CCN(C(=O)c3cc4c(F)cccc4s3)CC2)nc1. The van der Waals surface area contributed by atoms with Gasteiger partial charge in [0.05, 0.1) is 18.2 Å². The van der Waals surface area contributed by atoms with Crippen LogP contribution < -0.4 is 9.64 Å². The van der Waals surface area contributed by atoms with Crippen LogP contribution in [0.25, 0.3) is 10.1 Å². The summed E-state index contributed by atoms with van der Waals surface area (Å²) < 4.78 is 19.8. The first-order chi connectivity index (χ1) is 12.7. The topological polar surface area (TPSA) is 45.7 Å². The van der Waals surface area contributed by atoms with Crippen molar-refractivity contribution >= 4 is 33.1 Å². The third-order valence-corrected chi connectivity index (χ3v) is 5.65. The number of pyridine rings is 1. The second kappa shape index (κ2) is 6.92. The molecule has 0 saturated carbocycles. The molecule has 0 atom stereocenters. The van der Waals surface area contributed by atoms with Gasteiger partial charge in [0.1, 0.15) is 17.4 Å². The van der Waals surface area contributed by atoms with Crippen LogP contribution in [0.2, 0.25) is 0 Å². The van der Waals surface area contributed by atoms with Crippen molar-refractivity contribution in [1.82, 2.24) is 9.88 Å². The van der Waals surface area contributed by atoms with Crippen molar-refractivity contribution in [1.29, 1.82) is 0 Å². The summed E-state index contributed by atoms with van der Waals surface area (Å²) in [5, 5.41) is 0.516. The maximum absolute atomic E-state index is 13.9. The van der Waals surface area contributed by atoms with E-state index >= 15 is 0 Å². The number of thiophene rings is 1. The lowest BCUT2D eigenvalue weighted by Crippen LogP contribution is -2.48. The molecule has 0 radical (unpaired) electrons. The monoisotopic (exact) mass is 371 g/mol. The number of benzene rings is 1. The fourth-order valence-corrected chi connectivity index (χ4v) is 4.15. The van der Waals surface area contributed by atoms with Crippen LogP contribution in [0.5, 0.6) is 5.75 Å². The maximum Gasteiger partial charge on any atom is 0.264 e. The van der Waals surface area contributed by atoms with Gasteiger partial charge < -0.3 is 14.5 Å².